The Bertz CT molecular complexity index is 1220. The summed E-state index contributed by atoms with van der Waals surface area (Å²) in [5.41, 5.74) is 7.62. The van der Waals surface area contributed by atoms with Crippen molar-refractivity contribution in [1.29, 1.82) is 5.26 Å². The van der Waals surface area contributed by atoms with E-state index >= 15 is 0 Å². The standard InChI is InChI=1S/C29H30N2O3/c1-4-33-28(32)18-34-29-26(17-30)25(22-12-9-20(10-13-22)19(2)3)16-27(31-29)24-14-11-21-7-5-6-8-23(21)15-24/h9-16,19H,4-8,18H2,1-3H3. The van der Waals surface area contributed by atoms with E-state index < -0.39 is 5.97 Å². The van der Waals surface area contributed by atoms with Gasteiger partial charge in [-0.1, -0.05) is 50.2 Å². The van der Waals surface area contributed by atoms with Gasteiger partial charge in [0.05, 0.1) is 12.3 Å². The highest BCUT2D eigenvalue weighted by Gasteiger charge is 2.19. The fourth-order valence-electron chi connectivity index (χ4n) is 4.38. The van der Waals surface area contributed by atoms with E-state index in [4.69, 9.17) is 9.47 Å². The summed E-state index contributed by atoms with van der Waals surface area (Å²) in [5.74, 6) is 0.0698. The summed E-state index contributed by atoms with van der Waals surface area (Å²) in [4.78, 5) is 16.6. The second-order valence-corrected chi connectivity index (χ2v) is 8.91. The number of nitriles is 1. The van der Waals surface area contributed by atoms with Crippen molar-refractivity contribution in [2.24, 2.45) is 0 Å². The van der Waals surface area contributed by atoms with Gasteiger partial charge >= 0.3 is 5.97 Å². The van der Waals surface area contributed by atoms with E-state index in [1.807, 2.05) is 18.2 Å². The lowest BCUT2D eigenvalue weighted by Crippen LogP contribution is -2.16. The maximum absolute atomic E-state index is 11.9. The zero-order valence-corrected chi connectivity index (χ0v) is 20.1. The van der Waals surface area contributed by atoms with Gasteiger partial charge in [-0.2, -0.15) is 5.26 Å². The summed E-state index contributed by atoms with van der Waals surface area (Å²) in [5, 5.41) is 10.0. The van der Waals surface area contributed by atoms with Gasteiger partial charge in [0.25, 0.3) is 0 Å². The van der Waals surface area contributed by atoms with E-state index in [2.05, 4.69) is 55.2 Å². The van der Waals surface area contributed by atoms with Crippen LogP contribution in [0, 0.1) is 11.3 Å². The zero-order valence-electron chi connectivity index (χ0n) is 20.1. The van der Waals surface area contributed by atoms with E-state index in [0.29, 0.717) is 17.2 Å². The Morgan fingerprint density at radius 1 is 1.03 bits per heavy atom. The number of pyridine rings is 1. The number of ether oxygens (including phenoxy) is 2. The van der Waals surface area contributed by atoms with Crippen molar-refractivity contribution >= 4 is 5.97 Å². The minimum absolute atomic E-state index is 0.147. The van der Waals surface area contributed by atoms with Gasteiger partial charge in [0.2, 0.25) is 5.88 Å². The van der Waals surface area contributed by atoms with E-state index in [-0.39, 0.29) is 19.1 Å². The van der Waals surface area contributed by atoms with Crippen molar-refractivity contribution < 1.29 is 14.3 Å². The monoisotopic (exact) mass is 454 g/mol. The quantitative estimate of drug-likeness (QED) is 0.396. The summed E-state index contributed by atoms with van der Waals surface area (Å²) < 4.78 is 10.7. The molecule has 0 saturated heterocycles. The molecule has 0 bridgehead atoms. The molecule has 0 N–H and O–H groups in total. The van der Waals surface area contributed by atoms with E-state index in [1.54, 1.807) is 6.92 Å². The van der Waals surface area contributed by atoms with E-state index in [1.165, 1.54) is 29.5 Å². The Kier molecular flexibility index (Phi) is 7.27. The van der Waals surface area contributed by atoms with Crippen LogP contribution in [0.15, 0.2) is 48.5 Å². The number of benzene rings is 2. The van der Waals surface area contributed by atoms with Crippen molar-refractivity contribution in [3.8, 4) is 34.3 Å². The van der Waals surface area contributed by atoms with Gasteiger partial charge in [-0.3, -0.25) is 0 Å². The lowest BCUT2D eigenvalue weighted by molar-refractivity contribution is -0.145. The van der Waals surface area contributed by atoms with Crippen LogP contribution in [-0.2, 0) is 22.4 Å². The molecular formula is C29H30N2O3. The molecule has 0 saturated carbocycles. The average Bonchev–Trinajstić information content (AvgIpc) is 2.86. The predicted molar refractivity (Wildman–Crippen MR) is 133 cm³/mol. The minimum atomic E-state index is -0.491. The molecule has 0 unspecified atom stereocenters. The topological polar surface area (TPSA) is 72.2 Å². The molecule has 1 aliphatic rings. The summed E-state index contributed by atoms with van der Waals surface area (Å²) in [6, 6.07) is 18.9. The molecule has 34 heavy (non-hydrogen) atoms. The summed E-state index contributed by atoms with van der Waals surface area (Å²) in [7, 11) is 0. The van der Waals surface area contributed by atoms with Gasteiger partial charge in [0.1, 0.15) is 11.6 Å². The molecule has 0 radical (unpaired) electrons. The lowest BCUT2D eigenvalue weighted by Gasteiger charge is -2.18. The van der Waals surface area contributed by atoms with Crippen LogP contribution in [0.4, 0.5) is 0 Å². The Hall–Kier alpha value is -3.65. The molecule has 0 amide bonds. The highest BCUT2D eigenvalue weighted by Crippen LogP contribution is 2.35. The van der Waals surface area contributed by atoms with Crippen molar-refractivity contribution in [1.82, 2.24) is 4.98 Å². The average molecular weight is 455 g/mol. The first-order valence-corrected chi connectivity index (χ1v) is 12.0. The van der Waals surface area contributed by atoms with Gasteiger partial charge in [0, 0.05) is 11.1 Å². The number of esters is 1. The maximum atomic E-state index is 11.9. The molecule has 1 heterocycles. The minimum Gasteiger partial charge on any atom is -0.465 e. The fraction of sp³-hybridized carbons (Fsp3) is 0.345. The predicted octanol–water partition coefficient (Wildman–Crippen LogP) is 6.23. The summed E-state index contributed by atoms with van der Waals surface area (Å²) in [6.45, 7) is 6.01. The molecule has 0 atom stereocenters. The molecule has 0 fully saturated rings. The van der Waals surface area contributed by atoms with Crippen molar-refractivity contribution in [3.05, 3.63) is 70.8 Å². The van der Waals surface area contributed by atoms with Gasteiger partial charge in [0.15, 0.2) is 6.61 Å². The van der Waals surface area contributed by atoms with Crippen LogP contribution in [-0.4, -0.2) is 24.2 Å². The van der Waals surface area contributed by atoms with Crippen LogP contribution in [0.1, 0.15) is 61.8 Å². The number of nitrogens with zero attached hydrogens (tertiary/aromatic N) is 2. The first-order chi connectivity index (χ1) is 16.5. The number of hydrogen-bond acceptors (Lipinski definition) is 5. The Balaban J connectivity index is 1.81. The van der Waals surface area contributed by atoms with Gasteiger partial charge in [-0.25, -0.2) is 9.78 Å². The number of aromatic nitrogens is 1. The Labute approximate surface area is 201 Å². The van der Waals surface area contributed by atoms with Crippen LogP contribution in [0.5, 0.6) is 5.88 Å². The molecule has 174 valence electrons. The molecule has 0 spiro atoms. The number of fused-ring (bicyclic) bond motifs is 1. The van der Waals surface area contributed by atoms with Crippen LogP contribution >= 0.6 is 0 Å². The maximum Gasteiger partial charge on any atom is 0.344 e. The molecular weight excluding hydrogens is 424 g/mol. The van der Waals surface area contributed by atoms with Crippen LogP contribution in [0.25, 0.3) is 22.4 Å². The number of hydrogen-bond donors (Lipinski definition) is 0. The van der Waals surface area contributed by atoms with Crippen molar-refractivity contribution in [2.75, 3.05) is 13.2 Å². The molecule has 5 nitrogen and oxygen atoms in total. The van der Waals surface area contributed by atoms with Crippen molar-refractivity contribution in [3.63, 3.8) is 0 Å². The Morgan fingerprint density at radius 2 is 1.74 bits per heavy atom. The smallest absolute Gasteiger partial charge is 0.344 e. The highest BCUT2D eigenvalue weighted by atomic mass is 16.6. The summed E-state index contributed by atoms with van der Waals surface area (Å²) in [6.07, 6.45) is 4.59. The third kappa shape index (κ3) is 5.12. The van der Waals surface area contributed by atoms with Crippen LogP contribution in [0.3, 0.4) is 0 Å². The lowest BCUT2D eigenvalue weighted by atomic mass is 9.89. The molecule has 1 aliphatic carbocycles. The summed E-state index contributed by atoms with van der Waals surface area (Å²) >= 11 is 0. The van der Waals surface area contributed by atoms with E-state index in [0.717, 1.165) is 29.5 Å². The third-order valence-corrected chi connectivity index (χ3v) is 6.26. The fourth-order valence-corrected chi connectivity index (χ4v) is 4.38. The second-order valence-electron chi connectivity index (χ2n) is 8.91. The van der Waals surface area contributed by atoms with Gasteiger partial charge in [-0.15, -0.1) is 0 Å². The molecule has 2 aromatic carbocycles. The second kappa shape index (κ2) is 10.5. The largest absolute Gasteiger partial charge is 0.465 e. The number of rotatable bonds is 7. The van der Waals surface area contributed by atoms with Crippen LogP contribution < -0.4 is 4.74 Å². The first kappa shape index (κ1) is 23.5. The number of aryl methyl sites for hydroxylation is 2. The normalized spacial score (nSPS) is 12.7. The van der Waals surface area contributed by atoms with Crippen molar-refractivity contribution in [2.45, 2.75) is 52.4 Å². The number of carbonyl (C=O) groups excluding carboxylic acids is 1. The van der Waals surface area contributed by atoms with Crippen LogP contribution in [0.2, 0.25) is 0 Å². The van der Waals surface area contributed by atoms with Gasteiger partial charge < -0.3 is 9.47 Å². The van der Waals surface area contributed by atoms with E-state index in [9.17, 15) is 10.1 Å². The Morgan fingerprint density at radius 3 is 2.41 bits per heavy atom. The highest BCUT2D eigenvalue weighted by molar-refractivity contribution is 5.78. The molecule has 5 heteroatoms. The SMILES string of the molecule is CCOC(=O)COc1nc(-c2ccc3c(c2)CCCC3)cc(-c2ccc(C(C)C)cc2)c1C#N. The molecule has 1 aromatic heterocycles. The zero-order chi connectivity index (χ0) is 24.1. The molecule has 4 rings (SSSR count). The molecule has 3 aromatic rings. The van der Waals surface area contributed by atoms with Gasteiger partial charge in [-0.05, 0) is 72.9 Å². The molecule has 0 aliphatic heterocycles. The first-order valence-electron chi connectivity index (χ1n) is 12.0. The third-order valence-electron chi connectivity index (χ3n) is 6.26. The number of carbonyl (C=O) groups is 1.